The smallest absolute Gasteiger partial charge is 0.228 e. The van der Waals surface area contributed by atoms with Crippen LogP contribution in [0, 0.1) is 6.92 Å². The summed E-state index contributed by atoms with van der Waals surface area (Å²) in [7, 11) is 0. The van der Waals surface area contributed by atoms with Gasteiger partial charge in [0.25, 0.3) is 0 Å². The van der Waals surface area contributed by atoms with E-state index >= 15 is 0 Å². The van der Waals surface area contributed by atoms with Gasteiger partial charge >= 0.3 is 0 Å². The van der Waals surface area contributed by atoms with Crippen LogP contribution in [-0.2, 0) is 0 Å². The van der Waals surface area contributed by atoms with Crippen molar-refractivity contribution in [2.75, 3.05) is 5.73 Å². The third-order valence-electron chi connectivity index (χ3n) is 2.77. The second-order valence-electron chi connectivity index (χ2n) is 4.23. The Kier molecular flexibility index (Phi) is 2.49. The van der Waals surface area contributed by atoms with Crippen molar-refractivity contribution in [2.24, 2.45) is 0 Å². The average Bonchev–Trinajstić information content (AvgIpc) is 2.71. The number of hydrogen-bond donors (Lipinski definition) is 1. The predicted octanol–water partition coefficient (Wildman–Crippen LogP) is 4.04. The zero-order valence-corrected chi connectivity index (χ0v) is 10.5. The van der Waals surface area contributed by atoms with Gasteiger partial charge in [-0.05, 0) is 42.8 Å². The highest BCUT2D eigenvalue weighted by Gasteiger charge is 2.11. The van der Waals surface area contributed by atoms with Crippen molar-refractivity contribution in [2.45, 2.75) is 6.92 Å². The van der Waals surface area contributed by atoms with Crippen molar-refractivity contribution in [1.29, 1.82) is 0 Å². The van der Waals surface area contributed by atoms with Gasteiger partial charge in [0, 0.05) is 5.69 Å². The van der Waals surface area contributed by atoms with E-state index in [2.05, 4.69) is 4.98 Å². The average molecular weight is 259 g/mol. The Morgan fingerprint density at radius 3 is 2.78 bits per heavy atom. The van der Waals surface area contributed by atoms with Crippen LogP contribution in [0.2, 0.25) is 5.02 Å². The Bertz CT molecular complexity index is 734. The molecule has 3 rings (SSSR count). The van der Waals surface area contributed by atoms with Crippen LogP contribution in [0.25, 0.3) is 22.6 Å². The van der Waals surface area contributed by atoms with Crippen molar-refractivity contribution in [3.63, 3.8) is 0 Å². The lowest BCUT2D eigenvalue weighted by atomic mass is 10.1. The molecule has 0 aliphatic rings. The first-order valence-electron chi connectivity index (χ1n) is 5.56. The fourth-order valence-corrected chi connectivity index (χ4v) is 2.17. The van der Waals surface area contributed by atoms with Gasteiger partial charge in [-0.2, -0.15) is 0 Å². The van der Waals surface area contributed by atoms with Crippen LogP contribution >= 0.6 is 11.6 Å². The van der Waals surface area contributed by atoms with Crippen molar-refractivity contribution < 1.29 is 4.42 Å². The van der Waals surface area contributed by atoms with E-state index in [1.54, 1.807) is 12.1 Å². The summed E-state index contributed by atoms with van der Waals surface area (Å²) in [6.45, 7) is 1.99. The lowest BCUT2D eigenvalue weighted by molar-refractivity contribution is 0.620. The molecule has 0 radical (unpaired) electrons. The number of nitrogens with zero attached hydrogens (tertiary/aromatic N) is 1. The minimum atomic E-state index is 0.514. The number of rotatable bonds is 1. The molecule has 1 heterocycles. The summed E-state index contributed by atoms with van der Waals surface area (Å²) in [5.41, 5.74) is 9.71. The molecule has 0 bridgehead atoms. The highest BCUT2D eigenvalue weighted by atomic mass is 35.5. The number of halogens is 1. The lowest BCUT2D eigenvalue weighted by Gasteiger charge is -2.00. The van der Waals surface area contributed by atoms with Gasteiger partial charge in [-0.25, -0.2) is 4.98 Å². The van der Waals surface area contributed by atoms with Gasteiger partial charge in [-0.1, -0.05) is 17.7 Å². The molecule has 18 heavy (non-hydrogen) atoms. The fraction of sp³-hybridized carbons (Fsp3) is 0.0714. The van der Waals surface area contributed by atoms with Crippen molar-refractivity contribution in [3.8, 4) is 11.5 Å². The molecule has 0 atom stereocenters. The Labute approximate surface area is 109 Å². The van der Waals surface area contributed by atoms with Crippen LogP contribution in [0.3, 0.4) is 0 Å². The van der Waals surface area contributed by atoms with Crippen LogP contribution in [0.5, 0.6) is 0 Å². The fourth-order valence-electron chi connectivity index (χ4n) is 1.85. The maximum Gasteiger partial charge on any atom is 0.228 e. The molecule has 0 aliphatic heterocycles. The second kappa shape index (κ2) is 4.03. The number of oxazole rings is 1. The van der Waals surface area contributed by atoms with Crippen LogP contribution in [0.1, 0.15) is 5.56 Å². The number of hydrogen-bond acceptors (Lipinski definition) is 3. The monoisotopic (exact) mass is 258 g/mol. The van der Waals surface area contributed by atoms with Gasteiger partial charge in [-0.3, -0.25) is 0 Å². The lowest BCUT2D eigenvalue weighted by Crippen LogP contribution is -1.82. The first-order chi connectivity index (χ1) is 8.63. The van der Waals surface area contributed by atoms with E-state index in [0.29, 0.717) is 22.2 Å². The molecular weight excluding hydrogens is 248 g/mol. The van der Waals surface area contributed by atoms with Crippen molar-refractivity contribution in [1.82, 2.24) is 4.98 Å². The summed E-state index contributed by atoms with van der Waals surface area (Å²) in [4.78, 5) is 4.40. The van der Waals surface area contributed by atoms with Gasteiger partial charge < -0.3 is 10.2 Å². The Hall–Kier alpha value is -2.00. The number of benzene rings is 2. The molecule has 0 spiro atoms. The van der Waals surface area contributed by atoms with Crippen LogP contribution in [0.4, 0.5) is 5.69 Å². The standard InChI is InChI=1S/C14H11ClN2O/c1-8-2-4-10(11(15)6-8)14-17-12-7-9(16)3-5-13(12)18-14/h2-7H,16H2,1H3. The first-order valence-corrected chi connectivity index (χ1v) is 5.94. The van der Waals surface area contributed by atoms with Gasteiger partial charge in [0.05, 0.1) is 10.6 Å². The van der Waals surface area contributed by atoms with Crippen LogP contribution < -0.4 is 5.73 Å². The highest BCUT2D eigenvalue weighted by Crippen LogP contribution is 2.31. The molecule has 1 aromatic heterocycles. The number of nitrogen functional groups attached to an aromatic ring is 1. The summed E-state index contributed by atoms with van der Waals surface area (Å²) >= 11 is 6.20. The summed E-state index contributed by atoms with van der Waals surface area (Å²) in [6.07, 6.45) is 0. The molecule has 3 nitrogen and oxygen atoms in total. The Morgan fingerprint density at radius 1 is 1.17 bits per heavy atom. The van der Waals surface area contributed by atoms with E-state index < -0.39 is 0 Å². The molecule has 0 saturated carbocycles. The van der Waals surface area contributed by atoms with E-state index in [0.717, 1.165) is 16.6 Å². The van der Waals surface area contributed by atoms with Gasteiger partial charge in [0.15, 0.2) is 5.58 Å². The Balaban J connectivity index is 2.19. The summed E-state index contributed by atoms with van der Waals surface area (Å²) in [5.74, 6) is 0.514. The third-order valence-corrected chi connectivity index (χ3v) is 3.08. The molecule has 0 saturated heterocycles. The number of nitrogens with two attached hydrogens (primary N) is 1. The van der Waals surface area contributed by atoms with Crippen LogP contribution in [-0.4, -0.2) is 4.98 Å². The van der Waals surface area contributed by atoms with E-state index in [4.69, 9.17) is 21.8 Å². The molecule has 4 heteroatoms. The largest absolute Gasteiger partial charge is 0.436 e. The van der Waals surface area contributed by atoms with E-state index in [1.807, 2.05) is 31.2 Å². The minimum absolute atomic E-state index is 0.514. The molecule has 3 aromatic rings. The quantitative estimate of drug-likeness (QED) is 0.670. The van der Waals surface area contributed by atoms with E-state index in [-0.39, 0.29) is 0 Å². The number of fused-ring (bicyclic) bond motifs is 1. The SMILES string of the molecule is Cc1ccc(-c2nc3cc(N)ccc3o2)c(Cl)c1. The normalized spacial score (nSPS) is 11.0. The summed E-state index contributed by atoms with van der Waals surface area (Å²) in [6, 6.07) is 11.2. The van der Waals surface area contributed by atoms with E-state index in [1.165, 1.54) is 0 Å². The topological polar surface area (TPSA) is 52.0 Å². The molecule has 0 fully saturated rings. The number of aryl methyl sites for hydroxylation is 1. The zero-order chi connectivity index (χ0) is 12.7. The molecule has 0 aliphatic carbocycles. The second-order valence-corrected chi connectivity index (χ2v) is 4.64. The number of aromatic nitrogens is 1. The summed E-state index contributed by atoms with van der Waals surface area (Å²) < 4.78 is 5.68. The Morgan fingerprint density at radius 2 is 2.00 bits per heavy atom. The summed E-state index contributed by atoms with van der Waals surface area (Å²) in [5, 5.41) is 0.634. The predicted molar refractivity (Wildman–Crippen MR) is 73.6 cm³/mol. The minimum Gasteiger partial charge on any atom is -0.436 e. The van der Waals surface area contributed by atoms with Crippen molar-refractivity contribution >= 4 is 28.4 Å². The van der Waals surface area contributed by atoms with Gasteiger partial charge in [-0.15, -0.1) is 0 Å². The highest BCUT2D eigenvalue weighted by molar-refractivity contribution is 6.33. The van der Waals surface area contributed by atoms with E-state index in [9.17, 15) is 0 Å². The van der Waals surface area contributed by atoms with Crippen LogP contribution in [0.15, 0.2) is 40.8 Å². The zero-order valence-electron chi connectivity index (χ0n) is 9.77. The molecule has 0 amide bonds. The maximum atomic E-state index is 6.20. The molecule has 0 unspecified atom stereocenters. The molecular formula is C14H11ClN2O. The first kappa shape index (κ1) is 11.1. The number of anilines is 1. The maximum absolute atomic E-state index is 6.20. The van der Waals surface area contributed by atoms with Gasteiger partial charge in [0.2, 0.25) is 5.89 Å². The third kappa shape index (κ3) is 1.83. The van der Waals surface area contributed by atoms with Crippen molar-refractivity contribution in [3.05, 3.63) is 47.0 Å². The molecule has 2 aromatic carbocycles. The molecule has 90 valence electrons. The molecule has 2 N–H and O–H groups in total. The van der Waals surface area contributed by atoms with Gasteiger partial charge in [0.1, 0.15) is 5.52 Å².